The number of thiophene rings is 1. The Morgan fingerprint density at radius 2 is 1.95 bits per heavy atom. The molecule has 1 aromatic carbocycles. The molecule has 0 aliphatic carbocycles. The number of benzene rings is 1. The molecule has 0 radical (unpaired) electrons. The van der Waals surface area contributed by atoms with Gasteiger partial charge in [0, 0.05) is 37.6 Å². The molecule has 0 saturated carbocycles. The lowest BCUT2D eigenvalue weighted by Crippen LogP contribution is -2.10. The van der Waals surface area contributed by atoms with Crippen LogP contribution in [0.4, 0.5) is 0 Å². The number of aromatic amines is 2. The minimum absolute atomic E-state index is 0.792. The van der Waals surface area contributed by atoms with Crippen LogP contribution in [0.2, 0.25) is 0 Å². The highest BCUT2D eigenvalue weighted by Crippen LogP contribution is 2.38. The molecule has 196 valence electrons. The third-order valence-electron chi connectivity index (χ3n) is 6.63. The van der Waals surface area contributed by atoms with Gasteiger partial charge >= 0.3 is 0 Å². The molecule has 0 saturated heterocycles. The Kier molecular flexibility index (Phi) is 7.48. The van der Waals surface area contributed by atoms with Crippen molar-refractivity contribution in [1.29, 1.82) is 0 Å². The van der Waals surface area contributed by atoms with Gasteiger partial charge < -0.3 is 10.3 Å². The molecule has 0 amide bonds. The smallest absolute Gasteiger partial charge is 0.135 e. The van der Waals surface area contributed by atoms with E-state index in [0.717, 1.165) is 74.4 Å². The van der Waals surface area contributed by atoms with Crippen LogP contribution < -0.4 is 5.32 Å². The van der Waals surface area contributed by atoms with Gasteiger partial charge in [-0.15, -0.1) is 11.3 Å². The van der Waals surface area contributed by atoms with E-state index in [-0.39, 0.29) is 0 Å². The van der Waals surface area contributed by atoms with E-state index in [1.807, 2.05) is 26.0 Å². The molecule has 5 nitrogen and oxygen atoms in total. The molecular weight excluding hydrogens is 498 g/mol. The standard InChI is InChI=1S/C33H33N5S/c1-7-11-21(6)34-23(9-3)18-22(8-2)26-14-15-28-32(36-26)33(38-37-28)29-19-25-24(12-10-13-27(25)35-29)31-17-16-30(39-31)20(4)5/h8-10,12-19,34-35H,3-4,6-7,11H2,1-2,5H3,(H,37,38)/b22-8+,23-18+. The van der Waals surface area contributed by atoms with Crippen LogP contribution >= 0.6 is 11.3 Å². The zero-order chi connectivity index (χ0) is 27.5. The number of aromatic nitrogens is 4. The van der Waals surface area contributed by atoms with Crippen molar-refractivity contribution < 1.29 is 0 Å². The number of hydrogen-bond donors (Lipinski definition) is 3. The summed E-state index contributed by atoms with van der Waals surface area (Å²) in [5.41, 5.74) is 10.5. The molecule has 4 aromatic heterocycles. The van der Waals surface area contributed by atoms with Gasteiger partial charge in [-0.25, -0.2) is 4.98 Å². The van der Waals surface area contributed by atoms with E-state index in [4.69, 9.17) is 4.98 Å². The molecule has 0 aliphatic rings. The molecule has 4 heterocycles. The molecule has 5 aromatic rings. The van der Waals surface area contributed by atoms with Crippen LogP contribution in [-0.2, 0) is 0 Å². The summed E-state index contributed by atoms with van der Waals surface area (Å²) in [5.74, 6) is 0. The fraction of sp³-hybridized carbons (Fsp3) is 0.152. The SMILES string of the molecule is C=C/C(=C\C(=C/C)c1ccc2[nH]nc(-c3cc4c(-c5ccc(C(=C)C)s5)cccc4[nH]3)c2n1)NC(=C)CCC. The summed E-state index contributed by atoms with van der Waals surface area (Å²) >= 11 is 1.76. The number of H-pyrrole nitrogens is 2. The Balaban J connectivity index is 1.54. The first-order valence-corrected chi connectivity index (χ1v) is 13.9. The Morgan fingerprint density at radius 1 is 1.10 bits per heavy atom. The van der Waals surface area contributed by atoms with E-state index in [2.05, 4.69) is 95.7 Å². The van der Waals surface area contributed by atoms with E-state index in [9.17, 15) is 0 Å². The summed E-state index contributed by atoms with van der Waals surface area (Å²) in [4.78, 5) is 11.0. The molecule has 0 unspecified atom stereocenters. The third-order valence-corrected chi connectivity index (χ3v) is 7.91. The van der Waals surface area contributed by atoms with Crippen LogP contribution in [0.25, 0.3) is 54.9 Å². The van der Waals surface area contributed by atoms with Gasteiger partial charge in [0.2, 0.25) is 0 Å². The van der Waals surface area contributed by atoms with Gasteiger partial charge in [-0.3, -0.25) is 5.10 Å². The number of nitrogens with one attached hydrogen (secondary N) is 3. The number of hydrogen-bond acceptors (Lipinski definition) is 4. The topological polar surface area (TPSA) is 69.4 Å². The van der Waals surface area contributed by atoms with Crippen LogP contribution in [-0.4, -0.2) is 20.2 Å². The molecule has 0 bridgehead atoms. The van der Waals surface area contributed by atoms with Gasteiger partial charge in [-0.05, 0) is 80.0 Å². The lowest BCUT2D eigenvalue weighted by molar-refractivity contribution is 0.829. The summed E-state index contributed by atoms with van der Waals surface area (Å²) in [5, 5.41) is 12.3. The van der Waals surface area contributed by atoms with Gasteiger partial charge in [-0.1, -0.05) is 51.3 Å². The van der Waals surface area contributed by atoms with E-state index >= 15 is 0 Å². The minimum atomic E-state index is 0.792. The maximum absolute atomic E-state index is 5.04. The Bertz CT molecular complexity index is 1770. The van der Waals surface area contributed by atoms with Gasteiger partial charge in [0.1, 0.15) is 11.2 Å². The van der Waals surface area contributed by atoms with Gasteiger partial charge in [-0.2, -0.15) is 5.10 Å². The van der Waals surface area contributed by atoms with E-state index in [1.54, 1.807) is 17.4 Å². The molecule has 39 heavy (non-hydrogen) atoms. The van der Waals surface area contributed by atoms with Crippen LogP contribution in [0.3, 0.4) is 0 Å². The van der Waals surface area contributed by atoms with Gasteiger partial charge in [0.15, 0.2) is 0 Å². The molecule has 6 heteroatoms. The number of nitrogens with zero attached hydrogens (tertiary/aromatic N) is 2. The van der Waals surface area contributed by atoms with Gasteiger partial charge in [0.05, 0.1) is 16.9 Å². The lowest BCUT2D eigenvalue weighted by Gasteiger charge is -2.11. The highest BCUT2D eigenvalue weighted by Gasteiger charge is 2.16. The number of rotatable bonds is 10. The lowest BCUT2D eigenvalue weighted by atomic mass is 10.1. The zero-order valence-electron chi connectivity index (χ0n) is 22.7. The van der Waals surface area contributed by atoms with E-state index < -0.39 is 0 Å². The fourth-order valence-electron chi connectivity index (χ4n) is 4.64. The normalized spacial score (nSPS) is 12.3. The highest BCUT2D eigenvalue weighted by atomic mass is 32.1. The average Bonchev–Trinajstić information content (AvgIpc) is 3.68. The molecule has 3 N–H and O–H groups in total. The number of allylic oxidation sites excluding steroid dienone is 6. The Morgan fingerprint density at radius 3 is 2.67 bits per heavy atom. The quantitative estimate of drug-likeness (QED) is 0.157. The second kappa shape index (κ2) is 11.1. The van der Waals surface area contributed by atoms with Crippen molar-refractivity contribution in [2.75, 3.05) is 0 Å². The number of pyridine rings is 1. The van der Waals surface area contributed by atoms with Crippen LogP contribution in [0.5, 0.6) is 0 Å². The summed E-state index contributed by atoms with van der Waals surface area (Å²) in [6, 6.07) is 16.9. The summed E-state index contributed by atoms with van der Waals surface area (Å²) in [7, 11) is 0. The van der Waals surface area contributed by atoms with Crippen molar-refractivity contribution in [3.05, 3.63) is 108 Å². The summed E-state index contributed by atoms with van der Waals surface area (Å²) in [6.07, 6.45) is 7.86. The molecule has 0 spiro atoms. The van der Waals surface area contributed by atoms with Crippen molar-refractivity contribution in [2.45, 2.75) is 33.6 Å². The summed E-state index contributed by atoms with van der Waals surface area (Å²) in [6.45, 7) is 18.4. The summed E-state index contributed by atoms with van der Waals surface area (Å²) < 4.78 is 0. The van der Waals surface area contributed by atoms with Crippen molar-refractivity contribution in [1.82, 2.24) is 25.5 Å². The van der Waals surface area contributed by atoms with Crippen LogP contribution in [0.15, 0.2) is 97.9 Å². The first-order chi connectivity index (χ1) is 18.9. The Hall–Kier alpha value is -4.42. The van der Waals surface area contributed by atoms with E-state index in [0.29, 0.717) is 0 Å². The maximum atomic E-state index is 5.04. The maximum Gasteiger partial charge on any atom is 0.135 e. The molecule has 0 fully saturated rings. The largest absolute Gasteiger partial charge is 0.359 e. The Labute approximate surface area is 233 Å². The van der Waals surface area contributed by atoms with Crippen molar-refractivity contribution in [2.24, 2.45) is 0 Å². The second-order valence-electron chi connectivity index (χ2n) is 9.59. The first kappa shape index (κ1) is 26.2. The van der Waals surface area contributed by atoms with Gasteiger partial charge in [0.25, 0.3) is 0 Å². The average molecular weight is 532 g/mol. The molecule has 0 aliphatic heterocycles. The molecular formula is C33H33N5S. The van der Waals surface area contributed by atoms with Crippen LogP contribution in [0, 0.1) is 0 Å². The molecule has 0 atom stereocenters. The highest BCUT2D eigenvalue weighted by molar-refractivity contribution is 7.16. The monoisotopic (exact) mass is 531 g/mol. The van der Waals surface area contributed by atoms with Crippen LogP contribution in [0.1, 0.15) is 44.2 Å². The first-order valence-electron chi connectivity index (χ1n) is 13.1. The van der Waals surface area contributed by atoms with Crippen molar-refractivity contribution >= 4 is 44.4 Å². The second-order valence-corrected chi connectivity index (χ2v) is 10.7. The minimum Gasteiger partial charge on any atom is -0.359 e. The zero-order valence-corrected chi connectivity index (χ0v) is 23.5. The fourth-order valence-corrected chi connectivity index (χ4v) is 5.62. The predicted molar refractivity (Wildman–Crippen MR) is 168 cm³/mol. The van der Waals surface area contributed by atoms with Crippen molar-refractivity contribution in [3.63, 3.8) is 0 Å². The number of fused-ring (bicyclic) bond motifs is 2. The molecule has 5 rings (SSSR count). The van der Waals surface area contributed by atoms with Crippen molar-refractivity contribution in [3.8, 4) is 21.8 Å². The predicted octanol–water partition coefficient (Wildman–Crippen LogP) is 9.24. The third kappa shape index (κ3) is 5.29. The van der Waals surface area contributed by atoms with E-state index in [1.165, 1.54) is 15.3 Å².